The molecular formula is C25H27Cl2N3O2S. The lowest BCUT2D eigenvalue weighted by Crippen LogP contribution is -2.53. The molecule has 3 aromatic rings. The lowest BCUT2D eigenvalue weighted by Gasteiger charge is -2.38. The van der Waals surface area contributed by atoms with Gasteiger partial charge in [0.15, 0.2) is 0 Å². The summed E-state index contributed by atoms with van der Waals surface area (Å²) in [5.74, 6) is 0.00717. The highest BCUT2D eigenvalue weighted by Gasteiger charge is 2.39. The van der Waals surface area contributed by atoms with Crippen LogP contribution in [0, 0.1) is 6.92 Å². The Morgan fingerprint density at radius 3 is 2.45 bits per heavy atom. The van der Waals surface area contributed by atoms with Gasteiger partial charge in [0.1, 0.15) is 0 Å². The van der Waals surface area contributed by atoms with Gasteiger partial charge < -0.3 is 10.0 Å². The second kappa shape index (κ2) is 9.53. The van der Waals surface area contributed by atoms with Crippen molar-refractivity contribution >= 4 is 50.5 Å². The number of benzene rings is 2. The monoisotopic (exact) mass is 503 g/mol. The Morgan fingerprint density at radius 1 is 1.03 bits per heavy atom. The number of thiophene rings is 1. The van der Waals surface area contributed by atoms with Crippen molar-refractivity contribution in [3.05, 3.63) is 68.5 Å². The molecule has 2 fully saturated rings. The standard InChI is InChI=1S/C25H27Cl2N3O2S/c1-16-20-12-19(27)6-7-23(20)33-24(16)25(32)30-14-21(22(31)15-30)29-10-8-28(9-11-29)13-17-2-4-18(26)5-3-17/h2-7,12,21-22,31H,8-11,13-15H2,1H3. The Morgan fingerprint density at radius 2 is 1.73 bits per heavy atom. The van der Waals surface area contributed by atoms with Crippen LogP contribution in [0.4, 0.5) is 0 Å². The SMILES string of the molecule is Cc1c(C(=O)N2CC(O)C(N3CCN(Cc4ccc(Cl)cc4)CC3)C2)sc2ccc(Cl)cc12. The van der Waals surface area contributed by atoms with E-state index in [4.69, 9.17) is 23.2 Å². The van der Waals surface area contributed by atoms with Gasteiger partial charge in [0.05, 0.1) is 17.0 Å². The Hall–Kier alpha value is -1.67. The van der Waals surface area contributed by atoms with Gasteiger partial charge in [-0.2, -0.15) is 0 Å². The van der Waals surface area contributed by atoms with Gasteiger partial charge in [-0.05, 0) is 53.8 Å². The zero-order chi connectivity index (χ0) is 23.1. The number of β-amino-alcohol motifs (C(OH)–C–C–N with tert-alkyl or cyclic N) is 1. The number of carbonyl (C=O) groups excluding carboxylic acids is 1. The van der Waals surface area contributed by atoms with Gasteiger partial charge in [0.25, 0.3) is 5.91 Å². The number of halogens is 2. The van der Waals surface area contributed by atoms with Crippen LogP contribution in [0.15, 0.2) is 42.5 Å². The Bertz CT molecular complexity index is 1160. The number of amides is 1. The van der Waals surface area contributed by atoms with E-state index in [1.54, 1.807) is 0 Å². The Balaban J connectivity index is 1.21. The molecule has 5 nitrogen and oxygen atoms in total. The summed E-state index contributed by atoms with van der Waals surface area (Å²) in [6.07, 6.45) is -0.527. The highest BCUT2D eigenvalue weighted by Crippen LogP contribution is 2.34. The van der Waals surface area contributed by atoms with Crippen LogP contribution < -0.4 is 0 Å². The van der Waals surface area contributed by atoms with E-state index < -0.39 is 6.10 Å². The number of nitrogens with zero attached hydrogens (tertiary/aromatic N) is 3. The number of aryl methyl sites for hydroxylation is 1. The lowest BCUT2D eigenvalue weighted by atomic mass is 10.1. The molecule has 2 saturated heterocycles. The highest BCUT2D eigenvalue weighted by molar-refractivity contribution is 7.21. The van der Waals surface area contributed by atoms with E-state index in [1.165, 1.54) is 16.9 Å². The molecule has 2 aromatic carbocycles. The number of aliphatic hydroxyl groups is 1. The van der Waals surface area contributed by atoms with Crippen LogP contribution in [-0.2, 0) is 6.54 Å². The summed E-state index contributed by atoms with van der Waals surface area (Å²) in [4.78, 5) is 20.7. The molecule has 2 aliphatic heterocycles. The third-order valence-electron chi connectivity index (χ3n) is 6.83. The van der Waals surface area contributed by atoms with Gasteiger partial charge in [0.2, 0.25) is 0 Å². The van der Waals surface area contributed by atoms with Gasteiger partial charge in [-0.25, -0.2) is 0 Å². The topological polar surface area (TPSA) is 47.0 Å². The number of carbonyl (C=O) groups is 1. The van der Waals surface area contributed by atoms with Crippen LogP contribution in [0.5, 0.6) is 0 Å². The van der Waals surface area contributed by atoms with E-state index >= 15 is 0 Å². The predicted molar refractivity (Wildman–Crippen MR) is 136 cm³/mol. The van der Waals surface area contributed by atoms with E-state index in [2.05, 4.69) is 21.9 Å². The quantitative estimate of drug-likeness (QED) is 0.568. The molecule has 0 saturated carbocycles. The second-order valence-corrected chi connectivity index (χ2v) is 10.9. The molecule has 1 aromatic heterocycles. The van der Waals surface area contributed by atoms with Gasteiger partial charge in [-0.1, -0.05) is 35.3 Å². The van der Waals surface area contributed by atoms with Crippen molar-refractivity contribution < 1.29 is 9.90 Å². The number of piperazine rings is 1. The summed E-state index contributed by atoms with van der Waals surface area (Å²) in [7, 11) is 0. The molecule has 0 bridgehead atoms. The van der Waals surface area contributed by atoms with Gasteiger partial charge in [-0.3, -0.25) is 14.6 Å². The Kier molecular flexibility index (Phi) is 6.67. The van der Waals surface area contributed by atoms with Crippen LogP contribution >= 0.6 is 34.5 Å². The molecule has 2 atom stereocenters. The number of fused-ring (bicyclic) bond motifs is 1. The fourth-order valence-corrected chi connectivity index (χ4v) is 6.39. The molecular weight excluding hydrogens is 477 g/mol. The number of rotatable bonds is 4. The van der Waals surface area contributed by atoms with Crippen molar-refractivity contribution in [1.82, 2.24) is 14.7 Å². The molecule has 0 radical (unpaired) electrons. The molecule has 2 aliphatic rings. The van der Waals surface area contributed by atoms with Crippen LogP contribution in [0.1, 0.15) is 20.8 Å². The number of likely N-dealkylation sites (tertiary alicyclic amines) is 1. The van der Waals surface area contributed by atoms with Crippen LogP contribution in [0.3, 0.4) is 0 Å². The molecule has 8 heteroatoms. The maximum Gasteiger partial charge on any atom is 0.264 e. The van der Waals surface area contributed by atoms with E-state index in [0.29, 0.717) is 18.1 Å². The minimum Gasteiger partial charge on any atom is -0.390 e. The maximum atomic E-state index is 13.3. The summed E-state index contributed by atoms with van der Waals surface area (Å²) >= 11 is 13.7. The summed E-state index contributed by atoms with van der Waals surface area (Å²) in [5, 5.41) is 13.3. The Labute approximate surface area is 208 Å². The fourth-order valence-electron chi connectivity index (χ4n) is 4.94. The summed E-state index contributed by atoms with van der Waals surface area (Å²) < 4.78 is 1.06. The molecule has 0 aliphatic carbocycles. The third kappa shape index (κ3) is 4.78. The van der Waals surface area contributed by atoms with Crippen LogP contribution in [0.25, 0.3) is 10.1 Å². The normalized spacial score (nSPS) is 22.4. The average molecular weight is 504 g/mol. The van der Waals surface area contributed by atoms with Crippen molar-refractivity contribution in [3.63, 3.8) is 0 Å². The molecule has 5 rings (SSSR count). The zero-order valence-corrected chi connectivity index (χ0v) is 20.8. The average Bonchev–Trinajstić information content (AvgIpc) is 3.35. The van der Waals surface area contributed by atoms with Crippen LogP contribution in [-0.4, -0.2) is 77.1 Å². The summed E-state index contributed by atoms with van der Waals surface area (Å²) in [5.41, 5.74) is 2.22. The van der Waals surface area contributed by atoms with Gasteiger partial charge in [-0.15, -0.1) is 11.3 Å². The smallest absolute Gasteiger partial charge is 0.264 e. The first-order valence-corrected chi connectivity index (χ1v) is 12.8. The number of hydrogen-bond donors (Lipinski definition) is 1. The third-order valence-corrected chi connectivity index (χ3v) is 8.58. The van der Waals surface area contributed by atoms with E-state index in [0.717, 1.165) is 58.3 Å². The molecule has 1 N–H and O–H groups in total. The maximum absolute atomic E-state index is 13.3. The van der Waals surface area contributed by atoms with Crippen molar-refractivity contribution in [2.45, 2.75) is 25.6 Å². The lowest BCUT2D eigenvalue weighted by molar-refractivity contribution is 0.0423. The van der Waals surface area contributed by atoms with E-state index in [-0.39, 0.29) is 11.9 Å². The number of hydrogen-bond acceptors (Lipinski definition) is 5. The largest absolute Gasteiger partial charge is 0.390 e. The first kappa shape index (κ1) is 23.1. The summed E-state index contributed by atoms with van der Waals surface area (Å²) in [6.45, 7) is 7.47. The van der Waals surface area contributed by atoms with Crippen LogP contribution in [0.2, 0.25) is 10.0 Å². The molecule has 174 valence electrons. The first-order chi connectivity index (χ1) is 15.9. The molecule has 3 heterocycles. The molecule has 0 spiro atoms. The molecule has 1 amide bonds. The molecule has 33 heavy (non-hydrogen) atoms. The van der Waals surface area contributed by atoms with E-state index in [9.17, 15) is 9.90 Å². The van der Waals surface area contributed by atoms with Crippen molar-refractivity contribution in [3.8, 4) is 0 Å². The van der Waals surface area contributed by atoms with Crippen molar-refractivity contribution in [2.75, 3.05) is 39.3 Å². The van der Waals surface area contributed by atoms with Crippen molar-refractivity contribution in [1.29, 1.82) is 0 Å². The van der Waals surface area contributed by atoms with Gasteiger partial charge >= 0.3 is 0 Å². The number of aliphatic hydroxyl groups excluding tert-OH is 1. The fraction of sp³-hybridized carbons (Fsp3) is 0.400. The predicted octanol–water partition coefficient (Wildman–Crippen LogP) is 4.52. The minimum atomic E-state index is -0.527. The first-order valence-electron chi connectivity index (χ1n) is 11.3. The second-order valence-electron chi connectivity index (χ2n) is 8.98. The minimum absolute atomic E-state index is 0.00717. The zero-order valence-electron chi connectivity index (χ0n) is 18.5. The summed E-state index contributed by atoms with van der Waals surface area (Å²) in [6, 6.07) is 13.7. The molecule has 2 unspecified atom stereocenters. The van der Waals surface area contributed by atoms with Gasteiger partial charge in [0, 0.05) is 60.6 Å². The van der Waals surface area contributed by atoms with Crippen molar-refractivity contribution in [2.24, 2.45) is 0 Å². The highest BCUT2D eigenvalue weighted by atomic mass is 35.5. The van der Waals surface area contributed by atoms with E-state index in [1.807, 2.05) is 42.2 Å².